The van der Waals surface area contributed by atoms with Gasteiger partial charge in [-0.3, -0.25) is 0 Å². The number of likely N-dealkylation sites (tertiary alicyclic amines) is 1. The normalized spacial score (nSPS) is 23.2. The Hall–Kier alpha value is -0.0800. The van der Waals surface area contributed by atoms with Gasteiger partial charge in [-0.15, -0.1) is 0 Å². The van der Waals surface area contributed by atoms with Crippen LogP contribution in [0.3, 0.4) is 0 Å². The lowest BCUT2D eigenvalue weighted by Crippen LogP contribution is -2.54. The van der Waals surface area contributed by atoms with Gasteiger partial charge in [-0.25, -0.2) is 0 Å². The van der Waals surface area contributed by atoms with Crippen molar-refractivity contribution in [2.45, 2.75) is 20.3 Å². The predicted octanol–water partition coefficient (Wildman–Crippen LogP) is 1.36. The number of rotatable bonds is 4. The summed E-state index contributed by atoms with van der Waals surface area (Å²) in [6, 6.07) is 0. The Kier molecular flexibility index (Phi) is 2.90. The van der Waals surface area contributed by atoms with E-state index < -0.39 is 0 Å². The Bertz CT molecular complexity index is 113. The van der Waals surface area contributed by atoms with E-state index in [4.69, 9.17) is 4.74 Å². The number of hydrogen-bond donors (Lipinski definition) is 0. The summed E-state index contributed by atoms with van der Waals surface area (Å²) in [5, 5.41) is 0. The highest BCUT2D eigenvalue weighted by atomic mass is 16.5. The highest BCUT2D eigenvalue weighted by molar-refractivity contribution is 4.90. The number of ether oxygens (including phenoxy) is 1. The molecular weight excluding hydrogens is 138 g/mol. The van der Waals surface area contributed by atoms with Gasteiger partial charge in [0.25, 0.3) is 0 Å². The van der Waals surface area contributed by atoms with Gasteiger partial charge >= 0.3 is 0 Å². The van der Waals surface area contributed by atoms with E-state index in [-0.39, 0.29) is 0 Å². The molecule has 0 aromatic heterocycles. The Morgan fingerprint density at radius 3 is 2.55 bits per heavy atom. The molecule has 2 nitrogen and oxygen atoms in total. The molecule has 0 aromatic rings. The molecule has 11 heavy (non-hydrogen) atoms. The van der Waals surface area contributed by atoms with E-state index >= 15 is 0 Å². The lowest BCUT2D eigenvalue weighted by molar-refractivity contribution is -0.00423. The molecule has 0 radical (unpaired) electrons. The van der Waals surface area contributed by atoms with Crippen molar-refractivity contribution in [1.29, 1.82) is 0 Å². The van der Waals surface area contributed by atoms with Crippen LogP contribution in [0.1, 0.15) is 20.3 Å². The van der Waals surface area contributed by atoms with Gasteiger partial charge < -0.3 is 9.64 Å². The monoisotopic (exact) mass is 157 g/mol. The third-order valence-electron chi connectivity index (χ3n) is 2.57. The predicted molar refractivity (Wildman–Crippen MR) is 46.7 cm³/mol. The molecule has 1 aliphatic heterocycles. The smallest absolute Gasteiger partial charge is 0.0468 e. The van der Waals surface area contributed by atoms with Crippen LogP contribution in [0.5, 0.6) is 0 Å². The second kappa shape index (κ2) is 3.55. The molecule has 0 aliphatic carbocycles. The van der Waals surface area contributed by atoms with E-state index in [1.807, 2.05) is 0 Å². The molecule has 0 atom stereocenters. The molecule has 1 fully saturated rings. The summed E-state index contributed by atoms with van der Waals surface area (Å²) >= 11 is 0. The van der Waals surface area contributed by atoms with Gasteiger partial charge in [-0.05, 0) is 18.4 Å². The molecule has 0 amide bonds. The second-order valence-electron chi connectivity index (χ2n) is 3.86. The van der Waals surface area contributed by atoms with E-state index in [0.717, 1.165) is 6.61 Å². The van der Waals surface area contributed by atoms with Crippen molar-refractivity contribution < 1.29 is 4.74 Å². The standard InChI is InChI=1S/C9H19NO/c1-4-10-7-9(2,8-10)5-6-11-3/h4-8H2,1-3H3. The minimum atomic E-state index is 0.548. The number of methoxy groups -OCH3 is 1. The number of hydrogen-bond acceptors (Lipinski definition) is 2. The SMILES string of the molecule is CCN1CC(C)(CCOC)C1. The maximum atomic E-state index is 5.06. The summed E-state index contributed by atoms with van der Waals surface area (Å²) in [5.74, 6) is 0. The Labute approximate surface area is 69.5 Å². The molecule has 66 valence electrons. The number of nitrogens with zero attached hydrogens (tertiary/aromatic N) is 1. The van der Waals surface area contributed by atoms with E-state index in [1.165, 1.54) is 26.1 Å². The molecule has 0 bridgehead atoms. The first-order valence-electron chi connectivity index (χ1n) is 4.41. The summed E-state index contributed by atoms with van der Waals surface area (Å²) in [6.07, 6.45) is 1.21. The molecule has 1 aliphatic rings. The molecular formula is C9H19NO. The third-order valence-corrected chi connectivity index (χ3v) is 2.57. The van der Waals surface area contributed by atoms with Gasteiger partial charge in [0.2, 0.25) is 0 Å². The van der Waals surface area contributed by atoms with E-state index in [0.29, 0.717) is 5.41 Å². The minimum Gasteiger partial charge on any atom is -0.385 e. The van der Waals surface area contributed by atoms with Crippen LogP contribution in [0.4, 0.5) is 0 Å². The van der Waals surface area contributed by atoms with Crippen LogP contribution in [0.15, 0.2) is 0 Å². The molecule has 1 rings (SSSR count). The van der Waals surface area contributed by atoms with Crippen LogP contribution in [0.2, 0.25) is 0 Å². The fourth-order valence-electron chi connectivity index (χ4n) is 1.76. The maximum Gasteiger partial charge on any atom is 0.0468 e. The average molecular weight is 157 g/mol. The molecule has 1 saturated heterocycles. The molecule has 0 aromatic carbocycles. The van der Waals surface area contributed by atoms with Gasteiger partial charge in [0, 0.05) is 26.8 Å². The van der Waals surface area contributed by atoms with Gasteiger partial charge in [-0.2, -0.15) is 0 Å². The quantitative estimate of drug-likeness (QED) is 0.611. The zero-order chi connectivity index (χ0) is 8.32. The lowest BCUT2D eigenvalue weighted by atomic mass is 9.79. The Morgan fingerprint density at radius 1 is 1.45 bits per heavy atom. The van der Waals surface area contributed by atoms with E-state index in [2.05, 4.69) is 18.7 Å². The summed E-state index contributed by atoms with van der Waals surface area (Å²) in [6.45, 7) is 9.18. The zero-order valence-electron chi connectivity index (χ0n) is 7.89. The third kappa shape index (κ3) is 2.17. The molecule has 0 saturated carbocycles. The largest absolute Gasteiger partial charge is 0.385 e. The summed E-state index contributed by atoms with van der Waals surface area (Å²) in [4.78, 5) is 2.47. The van der Waals surface area contributed by atoms with Crippen LogP contribution in [-0.4, -0.2) is 38.3 Å². The fraction of sp³-hybridized carbons (Fsp3) is 1.00. The minimum absolute atomic E-state index is 0.548. The Morgan fingerprint density at radius 2 is 2.09 bits per heavy atom. The van der Waals surface area contributed by atoms with Crippen molar-refractivity contribution in [2.24, 2.45) is 5.41 Å². The highest BCUT2D eigenvalue weighted by Gasteiger charge is 2.36. The van der Waals surface area contributed by atoms with Crippen molar-refractivity contribution in [3.63, 3.8) is 0 Å². The first-order valence-corrected chi connectivity index (χ1v) is 4.41. The van der Waals surface area contributed by atoms with Gasteiger partial charge in [0.15, 0.2) is 0 Å². The van der Waals surface area contributed by atoms with E-state index in [9.17, 15) is 0 Å². The van der Waals surface area contributed by atoms with Crippen molar-refractivity contribution in [2.75, 3.05) is 33.4 Å². The lowest BCUT2D eigenvalue weighted by Gasteiger charge is -2.48. The van der Waals surface area contributed by atoms with Crippen LogP contribution in [0.25, 0.3) is 0 Å². The van der Waals surface area contributed by atoms with Crippen molar-refractivity contribution in [1.82, 2.24) is 4.90 Å². The first kappa shape index (κ1) is 9.01. The second-order valence-corrected chi connectivity index (χ2v) is 3.86. The molecule has 0 unspecified atom stereocenters. The summed E-state index contributed by atoms with van der Waals surface area (Å²) in [7, 11) is 1.78. The Balaban J connectivity index is 2.15. The summed E-state index contributed by atoms with van der Waals surface area (Å²) in [5.41, 5.74) is 0.548. The fourth-order valence-corrected chi connectivity index (χ4v) is 1.76. The topological polar surface area (TPSA) is 12.5 Å². The van der Waals surface area contributed by atoms with Gasteiger partial charge in [0.1, 0.15) is 0 Å². The molecule has 1 heterocycles. The van der Waals surface area contributed by atoms with Crippen molar-refractivity contribution in [3.8, 4) is 0 Å². The van der Waals surface area contributed by atoms with Crippen LogP contribution >= 0.6 is 0 Å². The van der Waals surface area contributed by atoms with Crippen LogP contribution in [-0.2, 0) is 4.74 Å². The van der Waals surface area contributed by atoms with Gasteiger partial charge in [-0.1, -0.05) is 13.8 Å². The van der Waals surface area contributed by atoms with Crippen LogP contribution < -0.4 is 0 Å². The van der Waals surface area contributed by atoms with Crippen molar-refractivity contribution in [3.05, 3.63) is 0 Å². The average Bonchev–Trinajstić information content (AvgIpc) is 1.95. The van der Waals surface area contributed by atoms with E-state index in [1.54, 1.807) is 7.11 Å². The van der Waals surface area contributed by atoms with Gasteiger partial charge in [0.05, 0.1) is 0 Å². The molecule has 2 heteroatoms. The molecule has 0 N–H and O–H groups in total. The van der Waals surface area contributed by atoms with Crippen LogP contribution in [0, 0.1) is 5.41 Å². The maximum absolute atomic E-state index is 5.06. The highest BCUT2D eigenvalue weighted by Crippen LogP contribution is 2.32. The first-order chi connectivity index (χ1) is 5.20. The van der Waals surface area contributed by atoms with Crippen molar-refractivity contribution >= 4 is 0 Å². The molecule has 0 spiro atoms. The summed E-state index contributed by atoms with van der Waals surface area (Å²) < 4.78 is 5.06. The zero-order valence-corrected chi connectivity index (χ0v) is 7.89.